The Morgan fingerprint density at radius 2 is 1.73 bits per heavy atom. The van der Waals surface area contributed by atoms with Crippen molar-refractivity contribution in [1.29, 1.82) is 5.41 Å². The normalized spacial score (nSPS) is 10.8. The number of aryl methyl sites for hydroxylation is 1. The van der Waals surface area contributed by atoms with Gasteiger partial charge in [-0.3, -0.25) is 5.41 Å². The first-order valence-electron chi connectivity index (χ1n) is 8.61. The van der Waals surface area contributed by atoms with E-state index in [4.69, 9.17) is 27.1 Å². The maximum Gasteiger partial charge on any atom is 0.179 e. The molecule has 0 unspecified atom stereocenters. The van der Waals surface area contributed by atoms with E-state index in [1.807, 2.05) is 22.8 Å². The zero-order chi connectivity index (χ0) is 18.5. The molecule has 0 saturated heterocycles. The summed E-state index contributed by atoms with van der Waals surface area (Å²) < 4.78 is 13.1. The molecule has 0 amide bonds. The third-order valence-electron chi connectivity index (χ3n) is 4.48. The summed E-state index contributed by atoms with van der Waals surface area (Å²) in [5, 5.41) is 9.32. The van der Waals surface area contributed by atoms with E-state index in [-0.39, 0.29) is 0 Å². The Bertz CT molecular complexity index is 1010. The molecule has 2 aromatic carbocycles. The zero-order valence-electron chi connectivity index (χ0n) is 15.0. The van der Waals surface area contributed by atoms with Crippen LogP contribution in [0.15, 0.2) is 42.5 Å². The number of hydrogen-bond acceptors (Lipinski definition) is 4. The highest BCUT2D eigenvalue weighted by molar-refractivity contribution is 7.71. The van der Waals surface area contributed by atoms with E-state index in [0.717, 1.165) is 30.2 Å². The molecule has 136 valence electrons. The highest BCUT2D eigenvalue weighted by Crippen LogP contribution is 2.29. The van der Waals surface area contributed by atoms with Crippen LogP contribution in [0.25, 0.3) is 10.9 Å². The zero-order valence-corrected chi connectivity index (χ0v) is 15.9. The van der Waals surface area contributed by atoms with Gasteiger partial charge in [0.25, 0.3) is 0 Å². The van der Waals surface area contributed by atoms with Crippen LogP contribution >= 0.6 is 12.2 Å². The van der Waals surface area contributed by atoms with Gasteiger partial charge in [0.15, 0.2) is 16.3 Å². The molecule has 1 heterocycles. The van der Waals surface area contributed by atoms with Crippen molar-refractivity contribution in [2.24, 2.45) is 0 Å². The second-order valence-corrected chi connectivity index (χ2v) is 6.51. The first-order chi connectivity index (χ1) is 12.6. The molecule has 0 saturated carbocycles. The van der Waals surface area contributed by atoms with Crippen LogP contribution in [-0.2, 0) is 13.0 Å². The van der Waals surface area contributed by atoms with Crippen molar-refractivity contribution in [2.75, 3.05) is 14.2 Å². The fraction of sp³-hybridized carbons (Fsp3) is 0.300. The summed E-state index contributed by atoms with van der Waals surface area (Å²) in [4.78, 5) is 3.21. The topological polar surface area (TPSA) is 63.0 Å². The molecule has 0 atom stereocenters. The van der Waals surface area contributed by atoms with E-state index >= 15 is 0 Å². The predicted octanol–water partition coefficient (Wildman–Crippen LogP) is 4.22. The molecule has 0 bridgehead atoms. The summed E-state index contributed by atoms with van der Waals surface area (Å²) in [6, 6.07) is 14.1. The van der Waals surface area contributed by atoms with Crippen LogP contribution in [0.1, 0.15) is 18.4 Å². The minimum absolute atomic E-state index is 0.393. The fourth-order valence-corrected chi connectivity index (χ4v) is 3.36. The van der Waals surface area contributed by atoms with Crippen molar-refractivity contribution in [3.8, 4) is 11.5 Å². The Morgan fingerprint density at radius 1 is 1.04 bits per heavy atom. The smallest absolute Gasteiger partial charge is 0.179 e. The first-order valence-corrected chi connectivity index (χ1v) is 9.02. The van der Waals surface area contributed by atoms with E-state index in [1.165, 1.54) is 5.56 Å². The van der Waals surface area contributed by atoms with Crippen LogP contribution in [0.2, 0.25) is 0 Å². The number of H-pyrrole nitrogens is 1. The van der Waals surface area contributed by atoms with E-state index in [1.54, 1.807) is 14.2 Å². The standard InChI is InChI=1S/C20H23N3O2S/c1-24-17-12-15-16(13-18(17)25-2)22-20(26)23(19(15)21)11-7-6-10-14-8-4-3-5-9-14/h3-5,8-9,12-13,21H,6-7,10-11H2,1-2H3,(H,22,26). The molecule has 26 heavy (non-hydrogen) atoms. The number of rotatable bonds is 7. The molecule has 0 aliphatic rings. The van der Waals surface area contributed by atoms with Crippen molar-refractivity contribution < 1.29 is 9.47 Å². The first kappa shape index (κ1) is 18.2. The van der Waals surface area contributed by atoms with Gasteiger partial charge in [-0.05, 0) is 43.1 Å². The van der Waals surface area contributed by atoms with Crippen molar-refractivity contribution in [3.63, 3.8) is 0 Å². The third kappa shape index (κ3) is 3.80. The minimum Gasteiger partial charge on any atom is -0.493 e. The molecule has 3 aromatic rings. The lowest BCUT2D eigenvalue weighted by molar-refractivity contribution is 0.355. The molecule has 6 heteroatoms. The van der Waals surface area contributed by atoms with E-state index < -0.39 is 0 Å². The second-order valence-electron chi connectivity index (χ2n) is 6.13. The lowest BCUT2D eigenvalue weighted by Crippen LogP contribution is -2.22. The Hall–Kier alpha value is -2.60. The van der Waals surface area contributed by atoms with Crippen LogP contribution in [0.5, 0.6) is 11.5 Å². The van der Waals surface area contributed by atoms with Crippen molar-refractivity contribution in [3.05, 3.63) is 58.3 Å². The third-order valence-corrected chi connectivity index (χ3v) is 4.80. The van der Waals surface area contributed by atoms with Crippen LogP contribution in [0.4, 0.5) is 0 Å². The summed E-state index contributed by atoms with van der Waals surface area (Å²) >= 11 is 5.47. The Kier molecular flexibility index (Phi) is 5.73. The molecule has 2 N–H and O–H groups in total. The number of unbranched alkanes of at least 4 members (excludes halogenated alkanes) is 1. The van der Waals surface area contributed by atoms with Crippen LogP contribution in [0.3, 0.4) is 0 Å². The van der Waals surface area contributed by atoms with Gasteiger partial charge in [-0.1, -0.05) is 30.3 Å². The molecule has 0 aliphatic heterocycles. The second kappa shape index (κ2) is 8.19. The number of benzene rings is 2. The quantitative estimate of drug-likeness (QED) is 0.484. The lowest BCUT2D eigenvalue weighted by Gasteiger charge is -2.13. The van der Waals surface area contributed by atoms with E-state index in [0.29, 0.717) is 28.3 Å². The van der Waals surface area contributed by atoms with Crippen molar-refractivity contribution in [1.82, 2.24) is 9.55 Å². The predicted molar refractivity (Wildman–Crippen MR) is 105 cm³/mol. The number of aromatic amines is 1. The highest BCUT2D eigenvalue weighted by atomic mass is 32.1. The Labute approximate surface area is 157 Å². The minimum atomic E-state index is 0.393. The van der Waals surface area contributed by atoms with Gasteiger partial charge < -0.3 is 19.0 Å². The van der Waals surface area contributed by atoms with Gasteiger partial charge in [0.05, 0.1) is 19.7 Å². The average molecular weight is 369 g/mol. The Balaban J connectivity index is 1.82. The van der Waals surface area contributed by atoms with Crippen LogP contribution in [-0.4, -0.2) is 23.8 Å². The van der Waals surface area contributed by atoms with Gasteiger partial charge in [-0.15, -0.1) is 0 Å². The number of hydrogen-bond donors (Lipinski definition) is 2. The van der Waals surface area contributed by atoms with Crippen LogP contribution < -0.4 is 15.0 Å². The number of ether oxygens (including phenoxy) is 2. The maximum absolute atomic E-state index is 8.56. The molecule has 0 fully saturated rings. The summed E-state index contributed by atoms with van der Waals surface area (Å²) in [5.41, 5.74) is 2.51. The van der Waals surface area contributed by atoms with E-state index in [9.17, 15) is 0 Å². The van der Waals surface area contributed by atoms with Gasteiger partial charge in [0.1, 0.15) is 5.49 Å². The molecule has 0 radical (unpaired) electrons. The highest BCUT2D eigenvalue weighted by Gasteiger charge is 2.10. The SMILES string of the molecule is COc1cc2[nH]c(=S)n(CCCCc3ccccc3)c(=N)c2cc1OC. The van der Waals surface area contributed by atoms with Gasteiger partial charge in [0.2, 0.25) is 0 Å². The largest absolute Gasteiger partial charge is 0.493 e. The van der Waals surface area contributed by atoms with E-state index in [2.05, 4.69) is 29.2 Å². The molecule has 0 aliphatic carbocycles. The number of nitrogens with one attached hydrogen (secondary N) is 2. The lowest BCUT2D eigenvalue weighted by atomic mass is 10.1. The van der Waals surface area contributed by atoms with Gasteiger partial charge in [0, 0.05) is 18.0 Å². The maximum atomic E-state index is 8.56. The molecule has 5 nitrogen and oxygen atoms in total. The van der Waals surface area contributed by atoms with Crippen molar-refractivity contribution >= 4 is 23.1 Å². The summed E-state index contributed by atoms with van der Waals surface area (Å²) in [7, 11) is 3.19. The molecular formula is C20H23N3O2S. The molecule has 0 spiro atoms. The number of aromatic nitrogens is 2. The van der Waals surface area contributed by atoms with Crippen molar-refractivity contribution in [2.45, 2.75) is 25.8 Å². The fourth-order valence-electron chi connectivity index (χ4n) is 3.07. The summed E-state index contributed by atoms with van der Waals surface area (Å²) in [6.07, 6.45) is 3.04. The number of fused-ring (bicyclic) bond motifs is 1. The monoisotopic (exact) mass is 369 g/mol. The van der Waals surface area contributed by atoms with Gasteiger partial charge in [-0.25, -0.2) is 0 Å². The Morgan fingerprint density at radius 3 is 2.42 bits per heavy atom. The number of methoxy groups -OCH3 is 2. The summed E-state index contributed by atoms with van der Waals surface area (Å²) in [5.74, 6) is 1.22. The number of nitrogens with zero attached hydrogens (tertiary/aromatic N) is 1. The van der Waals surface area contributed by atoms with Gasteiger partial charge >= 0.3 is 0 Å². The molecule has 3 rings (SSSR count). The van der Waals surface area contributed by atoms with Gasteiger partial charge in [-0.2, -0.15) is 0 Å². The van der Waals surface area contributed by atoms with Crippen LogP contribution in [0, 0.1) is 10.2 Å². The summed E-state index contributed by atoms with van der Waals surface area (Å²) in [6.45, 7) is 0.714. The molecule has 1 aromatic heterocycles. The average Bonchev–Trinajstić information content (AvgIpc) is 2.67. The molecular weight excluding hydrogens is 346 g/mol.